The first kappa shape index (κ1) is 26.6. The second kappa shape index (κ2) is 10.7. The zero-order chi connectivity index (χ0) is 28.4. The fraction of sp³-hybridized carbons (Fsp3) is 0.143. The number of nitrogens with one attached hydrogen (secondary N) is 1. The molecular formula is C28H26N6O5S. The minimum absolute atomic E-state index is 0.00965. The Morgan fingerprint density at radius 1 is 1.02 bits per heavy atom. The summed E-state index contributed by atoms with van der Waals surface area (Å²) in [7, 11) is -2.64. The number of fused-ring (bicyclic) bond motifs is 1. The van der Waals surface area contributed by atoms with Crippen LogP contribution in [0.15, 0.2) is 84.3 Å². The molecule has 12 heteroatoms. The third-order valence-electron chi connectivity index (χ3n) is 6.14. The molecule has 0 aliphatic heterocycles. The summed E-state index contributed by atoms with van der Waals surface area (Å²) in [5, 5.41) is 0.437. The zero-order valence-electron chi connectivity index (χ0n) is 21.9. The summed E-state index contributed by atoms with van der Waals surface area (Å²) in [4.78, 5) is 26.1. The van der Waals surface area contributed by atoms with Crippen LogP contribution in [0.1, 0.15) is 35.8 Å². The van der Waals surface area contributed by atoms with Gasteiger partial charge >= 0.3 is 0 Å². The summed E-state index contributed by atoms with van der Waals surface area (Å²) in [6.07, 6.45) is 4.63. The number of rotatable bonds is 9. The number of sulfonamides is 1. The van der Waals surface area contributed by atoms with Crippen molar-refractivity contribution in [2.24, 2.45) is 0 Å². The number of benzene rings is 2. The molecule has 0 amide bonds. The van der Waals surface area contributed by atoms with Crippen molar-refractivity contribution in [3.8, 4) is 17.4 Å². The molecule has 0 bridgehead atoms. The topological polar surface area (TPSA) is 151 Å². The normalized spacial score (nSPS) is 11.5. The van der Waals surface area contributed by atoms with Gasteiger partial charge in [0.05, 0.1) is 28.6 Å². The van der Waals surface area contributed by atoms with Gasteiger partial charge in [-0.25, -0.2) is 23.4 Å². The lowest BCUT2D eigenvalue weighted by Gasteiger charge is -2.14. The Labute approximate surface area is 230 Å². The Bertz CT molecular complexity index is 1800. The van der Waals surface area contributed by atoms with Crippen molar-refractivity contribution in [1.29, 1.82) is 0 Å². The van der Waals surface area contributed by atoms with Crippen LogP contribution in [0.2, 0.25) is 0 Å². The minimum atomic E-state index is -4.05. The van der Waals surface area contributed by atoms with Crippen molar-refractivity contribution < 1.29 is 22.7 Å². The molecule has 3 heterocycles. The summed E-state index contributed by atoms with van der Waals surface area (Å²) < 4.78 is 41.9. The number of ether oxygens (including phenoxy) is 2. The van der Waals surface area contributed by atoms with Crippen LogP contribution in [-0.2, 0) is 10.0 Å². The maximum atomic E-state index is 13.7. The number of carbonyl (C=O) groups is 1. The number of aromatic nitrogens is 4. The van der Waals surface area contributed by atoms with Crippen molar-refractivity contribution in [3.05, 3.63) is 90.5 Å². The van der Waals surface area contributed by atoms with Crippen LogP contribution in [0.3, 0.4) is 0 Å². The smallest absolute Gasteiger partial charge is 0.262 e. The van der Waals surface area contributed by atoms with Crippen molar-refractivity contribution >= 4 is 38.3 Å². The number of pyridine rings is 1. The summed E-state index contributed by atoms with van der Waals surface area (Å²) in [6.45, 7) is 3.92. The van der Waals surface area contributed by atoms with E-state index in [1.807, 2.05) is 18.4 Å². The molecule has 204 valence electrons. The number of methoxy groups -OCH3 is 1. The summed E-state index contributed by atoms with van der Waals surface area (Å²) in [5.74, 6) is 0.851. The lowest BCUT2D eigenvalue weighted by molar-refractivity contribution is 0.104. The highest BCUT2D eigenvalue weighted by atomic mass is 32.2. The predicted octanol–water partition coefficient (Wildman–Crippen LogP) is 4.82. The van der Waals surface area contributed by atoms with Gasteiger partial charge in [0.25, 0.3) is 10.0 Å². The predicted molar refractivity (Wildman–Crippen MR) is 150 cm³/mol. The number of hydrogen-bond acceptors (Lipinski definition) is 9. The lowest BCUT2D eigenvalue weighted by Crippen LogP contribution is -2.14. The van der Waals surface area contributed by atoms with E-state index in [0.29, 0.717) is 28.2 Å². The van der Waals surface area contributed by atoms with Gasteiger partial charge < -0.3 is 19.8 Å². The van der Waals surface area contributed by atoms with Gasteiger partial charge in [-0.3, -0.25) is 9.52 Å². The average Bonchev–Trinajstić information content (AvgIpc) is 3.35. The molecule has 3 N–H and O–H groups in total. The second-order valence-electron chi connectivity index (χ2n) is 9.09. The zero-order valence-corrected chi connectivity index (χ0v) is 22.7. The van der Waals surface area contributed by atoms with Gasteiger partial charge in [0.15, 0.2) is 5.78 Å². The number of carbonyl (C=O) groups excluding carboxylic acids is 1. The van der Waals surface area contributed by atoms with Crippen molar-refractivity contribution in [2.45, 2.75) is 24.8 Å². The molecule has 0 saturated carbocycles. The van der Waals surface area contributed by atoms with Gasteiger partial charge in [0.2, 0.25) is 5.88 Å². The largest absolute Gasteiger partial charge is 0.495 e. The Balaban J connectivity index is 1.45. The van der Waals surface area contributed by atoms with Gasteiger partial charge in [-0.05, 0) is 62.4 Å². The molecular weight excluding hydrogens is 532 g/mol. The standard InChI is InChI=1S/C28H26N6O5S/c1-17(2)34-15-21(25-27(29)31-16-32-28(25)34)26(35)18-7-12-23(38-3)22(14-18)33-40(36,37)20-10-8-19(9-11-20)39-24-6-4-5-13-30-24/h4-17,33H,1-3H3,(H2,29,31,32). The molecule has 2 aromatic carbocycles. The van der Waals surface area contributed by atoms with E-state index in [2.05, 4.69) is 19.7 Å². The Hall–Kier alpha value is -4.97. The Morgan fingerprint density at radius 3 is 2.48 bits per heavy atom. The average molecular weight is 559 g/mol. The molecule has 11 nitrogen and oxygen atoms in total. The van der Waals surface area contributed by atoms with E-state index in [0.717, 1.165) is 0 Å². The fourth-order valence-corrected chi connectivity index (χ4v) is 5.24. The van der Waals surface area contributed by atoms with E-state index in [1.54, 1.807) is 36.7 Å². The Morgan fingerprint density at radius 2 is 1.80 bits per heavy atom. The molecule has 0 saturated heterocycles. The first-order valence-electron chi connectivity index (χ1n) is 12.2. The number of nitrogens with two attached hydrogens (primary N) is 1. The van der Waals surface area contributed by atoms with Crippen molar-refractivity contribution in [2.75, 3.05) is 17.6 Å². The van der Waals surface area contributed by atoms with Crippen molar-refractivity contribution in [1.82, 2.24) is 19.5 Å². The summed E-state index contributed by atoms with van der Waals surface area (Å²) >= 11 is 0. The molecule has 0 spiro atoms. The van der Waals surface area contributed by atoms with E-state index < -0.39 is 10.0 Å². The van der Waals surface area contributed by atoms with Crippen LogP contribution < -0.4 is 19.9 Å². The first-order chi connectivity index (χ1) is 19.2. The van der Waals surface area contributed by atoms with E-state index in [1.165, 1.54) is 49.8 Å². The van der Waals surface area contributed by atoms with E-state index in [-0.39, 0.29) is 39.5 Å². The molecule has 0 atom stereocenters. The lowest BCUT2D eigenvalue weighted by atomic mass is 10.0. The van der Waals surface area contributed by atoms with Gasteiger partial charge in [0, 0.05) is 30.1 Å². The molecule has 0 radical (unpaired) electrons. The van der Waals surface area contributed by atoms with Gasteiger partial charge in [-0.15, -0.1) is 0 Å². The van der Waals surface area contributed by atoms with E-state index in [4.69, 9.17) is 15.2 Å². The van der Waals surface area contributed by atoms with E-state index in [9.17, 15) is 13.2 Å². The third kappa shape index (κ3) is 5.16. The fourth-order valence-electron chi connectivity index (χ4n) is 4.18. The third-order valence-corrected chi connectivity index (χ3v) is 7.52. The SMILES string of the molecule is COc1ccc(C(=O)c2cn(C(C)C)c3ncnc(N)c23)cc1NS(=O)(=O)c1ccc(Oc2ccccn2)cc1. The first-order valence-corrected chi connectivity index (χ1v) is 13.7. The number of ketones is 1. The highest BCUT2D eigenvalue weighted by Gasteiger charge is 2.23. The Kier molecular flexibility index (Phi) is 7.09. The van der Waals surface area contributed by atoms with Crippen LogP contribution in [-0.4, -0.2) is 40.8 Å². The molecule has 0 fully saturated rings. The van der Waals surface area contributed by atoms with E-state index >= 15 is 0 Å². The molecule has 0 aliphatic rings. The molecule has 3 aromatic heterocycles. The van der Waals surface area contributed by atoms with Crippen molar-refractivity contribution in [3.63, 3.8) is 0 Å². The second-order valence-corrected chi connectivity index (χ2v) is 10.8. The van der Waals surface area contributed by atoms with Crippen LogP contribution in [0.25, 0.3) is 11.0 Å². The maximum absolute atomic E-state index is 13.7. The monoisotopic (exact) mass is 558 g/mol. The number of anilines is 2. The van der Waals surface area contributed by atoms with Crippen LogP contribution >= 0.6 is 0 Å². The van der Waals surface area contributed by atoms with Crippen LogP contribution in [0.4, 0.5) is 11.5 Å². The van der Waals surface area contributed by atoms with Gasteiger partial charge in [0.1, 0.15) is 29.3 Å². The molecule has 0 unspecified atom stereocenters. The number of nitrogens with zero attached hydrogens (tertiary/aromatic N) is 4. The quantitative estimate of drug-likeness (QED) is 0.243. The molecule has 0 aliphatic carbocycles. The maximum Gasteiger partial charge on any atom is 0.262 e. The highest BCUT2D eigenvalue weighted by molar-refractivity contribution is 7.92. The summed E-state index contributed by atoms with van der Waals surface area (Å²) in [6, 6.07) is 15.6. The van der Waals surface area contributed by atoms with Gasteiger partial charge in [-0.1, -0.05) is 6.07 Å². The van der Waals surface area contributed by atoms with Crippen LogP contribution in [0, 0.1) is 0 Å². The van der Waals surface area contributed by atoms with Gasteiger partial charge in [-0.2, -0.15) is 0 Å². The molecule has 5 aromatic rings. The highest BCUT2D eigenvalue weighted by Crippen LogP contribution is 2.32. The molecule has 5 rings (SSSR count). The van der Waals surface area contributed by atoms with Crippen LogP contribution in [0.5, 0.6) is 17.4 Å². The minimum Gasteiger partial charge on any atom is -0.495 e. The summed E-state index contributed by atoms with van der Waals surface area (Å²) in [5.41, 5.74) is 7.29. The number of nitrogen functional groups attached to an aromatic ring is 1. The molecule has 40 heavy (non-hydrogen) atoms. The number of hydrogen-bond donors (Lipinski definition) is 2.